The van der Waals surface area contributed by atoms with E-state index in [0.717, 1.165) is 32.8 Å². The van der Waals surface area contributed by atoms with E-state index in [9.17, 15) is 0 Å². The molecule has 0 saturated heterocycles. The smallest absolute Gasteiger partial charge is 0.144 e. The van der Waals surface area contributed by atoms with Crippen LogP contribution in [0.2, 0.25) is 0 Å². The second-order valence-corrected chi connectivity index (χ2v) is 5.16. The predicted molar refractivity (Wildman–Crippen MR) is 77.5 cm³/mol. The summed E-state index contributed by atoms with van der Waals surface area (Å²) >= 11 is 3.44. The Bertz CT molecular complexity index is 714. The van der Waals surface area contributed by atoms with E-state index in [1.54, 1.807) is 0 Å². The second-order valence-electron chi connectivity index (χ2n) is 4.24. The summed E-state index contributed by atoms with van der Waals surface area (Å²) in [6.07, 6.45) is 1.96. The van der Waals surface area contributed by atoms with Gasteiger partial charge in [0.25, 0.3) is 0 Å². The molecule has 0 aliphatic heterocycles. The van der Waals surface area contributed by atoms with E-state index in [1.165, 1.54) is 0 Å². The summed E-state index contributed by atoms with van der Waals surface area (Å²) in [5, 5.41) is 0. The molecule has 0 fully saturated rings. The maximum Gasteiger partial charge on any atom is 0.144 e. The van der Waals surface area contributed by atoms with Gasteiger partial charge in [0.1, 0.15) is 5.82 Å². The molecule has 0 atom stereocenters. The first-order chi connectivity index (χ1) is 8.65. The van der Waals surface area contributed by atoms with Crippen LogP contribution in [0.15, 0.2) is 47.1 Å². The number of nitrogens with two attached hydrogens (primary N) is 1. The highest BCUT2D eigenvalue weighted by molar-refractivity contribution is 9.10. The summed E-state index contributed by atoms with van der Waals surface area (Å²) in [7, 11) is 0. The fourth-order valence-electron chi connectivity index (χ4n) is 2.05. The van der Waals surface area contributed by atoms with Gasteiger partial charge >= 0.3 is 0 Å². The van der Waals surface area contributed by atoms with Crippen molar-refractivity contribution in [1.29, 1.82) is 0 Å². The average molecular weight is 302 g/mol. The lowest BCUT2D eigenvalue weighted by atomic mass is 10.2. The molecule has 0 amide bonds. The third-order valence-electron chi connectivity index (χ3n) is 2.95. The number of halogens is 1. The van der Waals surface area contributed by atoms with Gasteiger partial charge in [-0.05, 0) is 31.2 Å². The van der Waals surface area contributed by atoms with Gasteiger partial charge in [0, 0.05) is 21.9 Å². The Labute approximate surface area is 113 Å². The summed E-state index contributed by atoms with van der Waals surface area (Å²) in [6.45, 7) is 2.00. The lowest BCUT2D eigenvalue weighted by Crippen LogP contribution is -1.91. The van der Waals surface area contributed by atoms with E-state index in [1.807, 2.05) is 37.4 Å². The Balaban J connectivity index is 2.26. The highest BCUT2D eigenvalue weighted by Crippen LogP contribution is 2.24. The van der Waals surface area contributed by atoms with Crippen LogP contribution >= 0.6 is 15.9 Å². The van der Waals surface area contributed by atoms with Gasteiger partial charge in [-0.3, -0.25) is 4.40 Å². The number of fused-ring (bicyclic) bond motifs is 1. The normalized spacial score (nSPS) is 11.0. The largest absolute Gasteiger partial charge is 0.399 e. The van der Waals surface area contributed by atoms with Gasteiger partial charge in [-0.25, -0.2) is 4.98 Å². The quantitative estimate of drug-likeness (QED) is 0.745. The van der Waals surface area contributed by atoms with Crippen molar-refractivity contribution in [2.24, 2.45) is 0 Å². The Kier molecular flexibility index (Phi) is 2.59. The SMILES string of the molecule is Cc1nc(-c2ccc(Br)cc2)n2ccc(N)cc12. The van der Waals surface area contributed by atoms with E-state index in [4.69, 9.17) is 5.73 Å². The van der Waals surface area contributed by atoms with Crippen LogP contribution < -0.4 is 5.73 Å². The van der Waals surface area contributed by atoms with Gasteiger partial charge in [-0.15, -0.1) is 0 Å². The number of pyridine rings is 1. The molecule has 90 valence electrons. The van der Waals surface area contributed by atoms with Crippen LogP contribution in [0.25, 0.3) is 16.9 Å². The number of anilines is 1. The minimum atomic E-state index is 0.757. The molecule has 4 heteroatoms. The van der Waals surface area contributed by atoms with E-state index in [-0.39, 0.29) is 0 Å². The zero-order chi connectivity index (χ0) is 12.7. The summed E-state index contributed by atoms with van der Waals surface area (Å²) in [5.41, 5.74) is 9.69. The molecule has 2 heterocycles. The second kappa shape index (κ2) is 4.14. The minimum absolute atomic E-state index is 0.757. The summed E-state index contributed by atoms with van der Waals surface area (Å²) in [4.78, 5) is 4.62. The summed E-state index contributed by atoms with van der Waals surface area (Å²) in [6, 6.07) is 12.0. The van der Waals surface area contributed by atoms with Crippen molar-refractivity contribution in [1.82, 2.24) is 9.38 Å². The Morgan fingerprint density at radius 1 is 1.17 bits per heavy atom. The van der Waals surface area contributed by atoms with Crippen molar-refractivity contribution < 1.29 is 0 Å². The van der Waals surface area contributed by atoms with Crippen molar-refractivity contribution in [2.75, 3.05) is 5.73 Å². The van der Waals surface area contributed by atoms with Crippen LogP contribution in [0.5, 0.6) is 0 Å². The molecule has 0 saturated carbocycles. The number of benzene rings is 1. The third-order valence-corrected chi connectivity index (χ3v) is 3.48. The third kappa shape index (κ3) is 1.78. The molecule has 2 N–H and O–H groups in total. The van der Waals surface area contributed by atoms with Crippen LogP contribution in [0.1, 0.15) is 5.69 Å². The van der Waals surface area contributed by atoms with Crippen LogP contribution in [0.4, 0.5) is 5.69 Å². The zero-order valence-corrected chi connectivity index (χ0v) is 11.5. The monoisotopic (exact) mass is 301 g/mol. The number of aromatic nitrogens is 2. The highest BCUT2D eigenvalue weighted by atomic mass is 79.9. The predicted octanol–water partition coefficient (Wildman–Crippen LogP) is 3.65. The Morgan fingerprint density at radius 2 is 1.89 bits per heavy atom. The van der Waals surface area contributed by atoms with Gasteiger partial charge in [-0.1, -0.05) is 28.1 Å². The Hall–Kier alpha value is -1.81. The van der Waals surface area contributed by atoms with E-state index in [2.05, 4.69) is 37.4 Å². The maximum atomic E-state index is 5.81. The number of rotatable bonds is 1. The zero-order valence-electron chi connectivity index (χ0n) is 9.89. The molecule has 1 aromatic carbocycles. The molecular formula is C14H12BrN3. The lowest BCUT2D eigenvalue weighted by Gasteiger charge is -2.02. The number of nitrogen functional groups attached to an aromatic ring is 1. The van der Waals surface area contributed by atoms with E-state index in [0.29, 0.717) is 0 Å². The van der Waals surface area contributed by atoms with Crippen LogP contribution in [-0.2, 0) is 0 Å². The first kappa shape index (κ1) is 11.3. The number of aryl methyl sites for hydroxylation is 1. The van der Waals surface area contributed by atoms with E-state index >= 15 is 0 Å². The molecule has 0 bridgehead atoms. The number of hydrogen-bond donors (Lipinski definition) is 1. The molecule has 3 aromatic rings. The van der Waals surface area contributed by atoms with Crippen LogP contribution in [-0.4, -0.2) is 9.38 Å². The Morgan fingerprint density at radius 3 is 2.61 bits per heavy atom. The first-order valence-corrected chi connectivity index (χ1v) is 6.44. The molecule has 0 aliphatic carbocycles. The summed E-state index contributed by atoms with van der Waals surface area (Å²) < 4.78 is 3.13. The van der Waals surface area contributed by atoms with Crippen molar-refractivity contribution in [3.8, 4) is 11.4 Å². The summed E-state index contributed by atoms with van der Waals surface area (Å²) in [5.74, 6) is 0.940. The highest BCUT2D eigenvalue weighted by Gasteiger charge is 2.09. The molecule has 18 heavy (non-hydrogen) atoms. The fourth-order valence-corrected chi connectivity index (χ4v) is 2.32. The first-order valence-electron chi connectivity index (χ1n) is 5.65. The maximum absolute atomic E-state index is 5.81. The standard InChI is InChI=1S/C14H12BrN3/c1-9-13-8-12(16)6-7-18(13)14(17-9)10-2-4-11(15)5-3-10/h2-8H,16H2,1H3. The molecule has 0 radical (unpaired) electrons. The molecule has 3 nitrogen and oxygen atoms in total. The van der Waals surface area contributed by atoms with Crippen molar-refractivity contribution >= 4 is 27.1 Å². The number of imidazole rings is 1. The molecular weight excluding hydrogens is 290 g/mol. The van der Waals surface area contributed by atoms with Crippen LogP contribution in [0, 0.1) is 6.92 Å². The lowest BCUT2D eigenvalue weighted by molar-refractivity contribution is 1.16. The average Bonchev–Trinajstić information content (AvgIpc) is 2.68. The van der Waals surface area contributed by atoms with Gasteiger partial charge in [-0.2, -0.15) is 0 Å². The van der Waals surface area contributed by atoms with E-state index < -0.39 is 0 Å². The number of nitrogens with zero attached hydrogens (tertiary/aromatic N) is 2. The molecule has 0 aliphatic rings. The number of hydrogen-bond acceptors (Lipinski definition) is 2. The minimum Gasteiger partial charge on any atom is -0.399 e. The van der Waals surface area contributed by atoms with Gasteiger partial charge < -0.3 is 5.73 Å². The molecule has 3 rings (SSSR count). The fraction of sp³-hybridized carbons (Fsp3) is 0.0714. The topological polar surface area (TPSA) is 43.3 Å². The van der Waals surface area contributed by atoms with Crippen molar-refractivity contribution in [3.05, 3.63) is 52.8 Å². The van der Waals surface area contributed by atoms with Gasteiger partial charge in [0.15, 0.2) is 0 Å². The molecule has 0 unspecified atom stereocenters. The molecule has 0 spiro atoms. The van der Waals surface area contributed by atoms with Crippen molar-refractivity contribution in [3.63, 3.8) is 0 Å². The van der Waals surface area contributed by atoms with Gasteiger partial charge in [0.2, 0.25) is 0 Å². The van der Waals surface area contributed by atoms with Crippen LogP contribution in [0.3, 0.4) is 0 Å². The van der Waals surface area contributed by atoms with Gasteiger partial charge in [0.05, 0.1) is 11.2 Å². The molecule has 2 aromatic heterocycles. The van der Waals surface area contributed by atoms with Crippen molar-refractivity contribution in [2.45, 2.75) is 6.92 Å².